The van der Waals surface area contributed by atoms with Crippen LogP contribution in [0.2, 0.25) is 0 Å². The van der Waals surface area contributed by atoms with Crippen molar-refractivity contribution in [2.75, 3.05) is 0 Å². The minimum atomic E-state index is -0.0394. The summed E-state index contributed by atoms with van der Waals surface area (Å²) < 4.78 is 0. The Kier molecular flexibility index (Phi) is 1.89. The molecule has 13 heavy (non-hydrogen) atoms. The van der Waals surface area contributed by atoms with Gasteiger partial charge >= 0.3 is 0 Å². The molecule has 1 aromatic carbocycles. The summed E-state index contributed by atoms with van der Waals surface area (Å²) in [4.78, 5) is 11.5. The van der Waals surface area contributed by atoms with E-state index in [0.717, 1.165) is 17.5 Å². The summed E-state index contributed by atoms with van der Waals surface area (Å²) in [6.45, 7) is 3.55. The Hall–Kier alpha value is -1.57. The molecule has 0 bridgehead atoms. The molecule has 1 atom stereocenters. The predicted molar refractivity (Wildman–Crippen MR) is 50.3 cm³/mol. The van der Waals surface area contributed by atoms with Crippen LogP contribution < -0.4 is 5.32 Å². The fraction of sp³-hybridized carbons (Fsp3) is 0.182. The number of benzene rings is 1. The smallest absolute Gasteiger partial charge is 0.252 e. The van der Waals surface area contributed by atoms with Gasteiger partial charge in [-0.05, 0) is 24.1 Å². The molecule has 0 saturated carbocycles. The van der Waals surface area contributed by atoms with Gasteiger partial charge in [0.05, 0.1) is 6.04 Å². The molecule has 2 nitrogen and oxygen atoms in total. The SMILES string of the molecule is C=[C]C1Cc2ccccc2C(=O)N1. The van der Waals surface area contributed by atoms with Crippen LogP contribution in [0.5, 0.6) is 0 Å². The van der Waals surface area contributed by atoms with Crippen molar-refractivity contribution in [2.24, 2.45) is 0 Å². The van der Waals surface area contributed by atoms with Crippen molar-refractivity contribution >= 4 is 5.91 Å². The molecule has 1 heterocycles. The van der Waals surface area contributed by atoms with Crippen LogP contribution in [0.15, 0.2) is 30.8 Å². The highest BCUT2D eigenvalue weighted by Crippen LogP contribution is 2.16. The number of hydrogen-bond donors (Lipinski definition) is 1. The average Bonchev–Trinajstić information content (AvgIpc) is 2.18. The van der Waals surface area contributed by atoms with Gasteiger partial charge in [-0.15, -0.1) is 0 Å². The zero-order valence-corrected chi connectivity index (χ0v) is 7.21. The summed E-state index contributed by atoms with van der Waals surface area (Å²) >= 11 is 0. The maximum atomic E-state index is 11.5. The Bertz CT molecular complexity index is 357. The normalized spacial score (nSPS) is 20.3. The molecule has 0 aromatic heterocycles. The lowest BCUT2D eigenvalue weighted by atomic mass is 9.95. The van der Waals surface area contributed by atoms with E-state index in [1.165, 1.54) is 0 Å². The van der Waals surface area contributed by atoms with Gasteiger partial charge in [0.2, 0.25) is 0 Å². The Balaban J connectivity index is 2.42. The number of amides is 1. The fourth-order valence-electron chi connectivity index (χ4n) is 1.55. The van der Waals surface area contributed by atoms with Crippen molar-refractivity contribution in [1.29, 1.82) is 0 Å². The highest BCUT2D eigenvalue weighted by molar-refractivity contribution is 5.97. The van der Waals surface area contributed by atoms with Crippen LogP contribution in [0.1, 0.15) is 15.9 Å². The molecule has 0 spiro atoms. The van der Waals surface area contributed by atoms with Gasteiger partial charge in [0.1, 0.15) is 0 Å². The third kappa shape index (κ3) is 1.35. The first-order chi connectivity index (χ1) is 6.31. The summed E-state index contributed by atoms with van der Waals surface area (Å²) in [6, 6.07) is 7.58. The third-order valence-corrected chi connectivity index (χ3v) is 2.24. The van der Waals surface area contributed by atoms with Crippen LogP contribution in [0.3, 0.4) is 0 Å². The number of fused-ring (bicyclic) bond motifs is 1. The van der Waals surface area contributed by atoms with Gasteiger partial charge in [0.15, 0.2) is 0 Å². The highest BCUT2D eigenvalue weighted by atomic mass is 16.1. The van der Waals surface area contributed by atoms with Gasteiger partial charge in [0, 0.05) is 5.56 Å². The topological polar surface area (TPSA) is 29.1 Å². The number of nitrogens with one attached hydrogen (secondary N) is 1. The van der Waals surface area contributed by atoms with Gasteiger partial charge in [-0.2, -0.15) is 0 Å². The van der Waals surface area contributed by atoms with Crippen LogP contribution in [0, 0.1) is 6.08 Å². The Labute approximate surface area is 77.3 Å². The van der Waals surface area contributed by atoms with E-state index >= 15 is 0 Å². The van der Waals surface area contributed by atoms with E-state index in [1.807, 2.05) is 24.3 Å². The average molecular weight is 172 g/mol. The van der Waals surface area contributed by atoms with Gasteiger partial charge < -0.3 is 5.32 Å². The molecule has 1 aromatic rings. The quantitative estimate of drug-likeness (QED) is 0.680. The van der Waals surface area contributed by atoms with Crippen molar-refractivity contribution in [3.05, 3.63) is 48.0 Å². The second kappa shape index (κ2) is 3.05. The van der Waals surface area contributed by atoms with Gasteiger partial charge in [-0.25, -0.2) is 0 Å². The van der Waals surface area contributed by atoms with Crippen molar-refractivity contribution in [3.8, 4) is 0 Å². The van der Waals surface area contributed by atoms with E-state index in [9.17, 15) is 4.79 Å². The Morgan fingerprint density at radius 3 is 3.00 bits per heavy atom. The Morgan fingerprint density at radius 2 is 2.23 bits per heavy atom. The van der Waals surface area contributed by atoms with Crippen LogP contribution in [-0.2, 0) is 6.42 Å². The lowest BCUT2D eigenvalue weighted by molar-refractivity contribution is 0.0933. The van der Waals surface area contributed by atoms with Crippen molar-refractivity contribution in [3.63, 3.8) is 0 Å². The van der Waals surface area contributed by atoms with Crippen molar-refractivity contribution in [1.82, 2.24) is 5.32 Å². The first-order valence-electron chi connectivity index (χ1n) is 4.22. The van der Waals surface area contributed by atoms with E-state index < -0.39 is 0 Å². The van der Waals surface area contributed by atoms with Crippen molar-refractivity contribution in [2.45, 2.75) is 12.5 Å². The second-order valence-corrected chi connectivity index (χ2v) is 3.09. The van der Waals surface area contributed by atoms with Gasteiger partial charge in [0.25, 0.3) is 5.91 Å². The summed E-state index contributed by atoms with van der Waals surface area (Å²) in [5, 5.41) is 2.81. The van der Waals surface area contributed by atoms with E-state index in [2.05, 4.69) is 18.0 Å². The fourth-order valence-corrected chi connectivity index (χ4v) is 1.55. The maximum absolute atomic E-state index is 11.5. The highest BCUT2D eigenvalue weighted by Gasteiger charge is 2.21. The van der Waals surface area contributed by atoms with Crippen LogP contribution >= 0.6 is 0 Å². The summed E-state index contributed by atoms with van der Waals surface area (Å²) in [6.07, 6.45) is 3.59. The largest absolute Gasteiger partial charge is 0.345 e. The van der Waals surface area contributed by atoms with Crippen molar-refractivity contribution < 1.29 is 4.79 Å². The molecule has 1 N–H and O–H groups in total. The molecule has 1 unspecified atom stereocenters. The lowest BCUT2D eigenvalue weighted by Gasteiger charge is -2.22. The standard InChI is InChI=1S/C11H10NO/c1-2-9-7-8-5-3-4-6-10(8)11(13)12-9/h3-6,9H,1,7H2,(H,12,13). The molecule has 1 aliphatic heterocycles. The monoisotopic (exact) mass is 172 g/mol. The third-order valence-electron chi connectivity index (χ3n) is 2.24. The minimum absolute atomic E-state index is 0.0250. The maximum Gasteiger partial charge on any atom is 0.252 e. The molecule has 65 valence electrons. The van der Waals surface area contributed by atoms with E-state index in [0.29, 0.717) is 0 Å². The first-order valence-corrected chi connectivity index (χ1v) is 4.22. The molecule has 1 aliphatic rings. The molecule has 1 radical (unpaired) electrons. The van der Waals surface area contributed by atoms with Gasteiger partial charge in [-0.1, -0.05) is 24.8 Å². The predicted octanol–water partition coefficient (Wildman–Crippen LogP) is 1.33. The molecule has 1 amide bonds. The summed E-state index contributed by atoms with van der Waals surface area (Å²) in [5.41, 5.74) is 1.85. The van der Waals surface area contributed by atoms with Crippen LogP contribution in [0.4, 0.5) is 0 Å². The zero-order valence-electron chi connectivity index (χ0n) is 7.21. The van der Waals surface area contributed by atoms with E-state index in [1.54, 1.807) is 0 Å². The number of carbonyl (C=O) groups excluding carboxylic acids is 1. The summed E-state index contributed by atoms with van der Waals surface area (Å²) in [7, 11) is 0. The molecular formula is C11H10NO. The molecule has 0 fully saturated rings. The molecular weight excluding hydrogens is 162 g/mol. The van der Waals surface area contributed by atoms with E-state index in [4.69, 9.17) is 0 Å². The lowest BCUT2D eigenvalue weighted by Crippen LogP contribution is -2.40. The first kappa shape index (κ1) is 8.05. The second-order valence-electron chi connectivity index (χ2n) is 3.09. The number of hydrogen-bond acceptors (Lipinski definition) is 1. The molecule has 2 rings (SSSR count). The Morgan fingerprint density at radius 1 is 1.46 bits per heavy atom. The summed E-state index contributed by atoms with van der Waals surface area (Å²) in [5.74, 6) is -0.0250. The minimum Gasteiger partial charge on any atom is -0.345 e. The van der Waals surface area contributed by atoms with Gasteiger partial charge in [-0.3, -0.25) is 4.79 Å². The molecule has 0 saturated heterocycles. The molecule has 0 aliphatic carbocycles. The van der Waals surface area contributed by atoms with E-state index in [-0.39, 0.29) is 11.9 Å². The van der Waals surface area contributed by atoms with Crippen LogP contribution in [0.25, 0.3) is 0 Å². The molecule has 2 heteroatoms. The van der Waals surface area contributed by atoms with Crippen LogP contribution in [-0.4, -0.2) is 11.9 Å². The zero-order chi connectivity index (χ0) is 9.26. The number of carbonyl (C=O) groups is 1. The number of rotatable bonds is 1.